The topological polar surface area (TPSA) is 94.0 Å². The molecule has 0 fully saturated rings. The van der Waals surface area contributed by atoms with Crippen LogP contribution in [0.3, 0.4) is 0 Å². The molecule has 0 unspecified atom stereocenters. The van der Waals surface area contributed by atoms with E-state index in [4.69, 9.17) is 21.8 Å². The van der Waals surface area contributed by atoms with E-state index in [1.807, 2.05) is 30.3 Å². The SMILES string of the molecule is Cl.N[C@@H](Cc1ccccc1)c1nnc(SCC(=O)Nc2cccc(Cl)c2)o1. The van der Waals surface area contributed by atoms with Crippen molar-refractivity contribution in [2.24, 2.45) is 5.73 Å². The van der Waals surface area contributed by atoms with E-state index in [-0.39, 0.29) is 30.1 Å². The molecule has 2 aromatic carbocycles. The van der Waals surface area contributed by atoms with E-state index in [0.717, 1.165) is 17.3 Å². The first kappa shape index (κ1) is 21.2. The van der Waals surface area contributed by atoms with Crippen molar-refractivity contribution in [2.45, 2.75) is 17.7 Å². The number of anilines is 1. The van der Waals surface area contributed by atoms with Crippen molar-refractivity contribution in [3.8, 4) is 0 Å². The minimum absolute atomic E-state index is 0. The van der Waals surface area contributed by atoms with Gasteiger partial charge in [-0.15, -0.1) is 22.6 Å². The lowest BCUT2D eigenvalue weighted by atomic mass is 10.1. The summed E-state index contributed by atoms with van der Waals surface area (Å²) in [5.74, 6) is 0.305. The number of hydrogen-bond donors (Lipinski definition) is 2. The van der Waals surface area contributed by atoms with Crippen molar-refractivity contribution in [2.75, 3.05) is 11.1 Å². The Labute approximate surface area is 172 Å². The Hall–Kier alpha value is -2.06. The third kappa shape index (κ3) is 6.55. The maximum Gasteiger partial charge on any atom is 0.277 e. The maximum absolute atomic E-state index is 12.0. The molecule has 3 rings (SSSR count). The van der Waals surface area contributed by atoms with Crippen LogP contribution in [0.4, 0.5) is 5.69 Å². The molecule has 0 bridgehead atoms. The molecule has 0 aliphatic carbocycles. The van der Waals surface area contributed by atoms with Crippen LogP contribution in [0.2, 0.25) is 5.02 Å². The van der Waals surface area contributed by atoms with Gasteiger partial charge in [0, 0.05) is 10.7 Å². The number of carbonyl (C=O) groups is 1. The quantitative estimate of drug-likeness (QED) is 0.553. The molecule has 3 N–H and O–H groups in total. The first-order valence-corrected chi connectivity index (χ1v) is 9.27. The van der Waals surface area contributed by atoms with Crippen molar-refractivity contribution in [3.05, 3.63) is 71.1 Å². The molecule has 0 aliphatic heterocycles. The molecule has 142 valence electrons. The molecule has 27 heavy (non-hydrogen) atoms. The summed E-state index contributed by atoms with van der Waals surface area (Å²) >= 11 is 7.05. The largest absolute Gasteiger partial charge is 0.414 e. The average Bonchev–Trinajstić information content (AvgIpc) is 3.10. The second-order valence-corrected chi connectivity index (χ2v) is 6.91. The van der Waals surface area contributed by atoms with Gasteiger partial charge in [0.1, 0.15) is 0 Å². The molecule has 0 saturated carbocycles. The molecule has 6 nitrogen and oxygen atoms in total. The van der Waals surface area contributed by atoms with Crippen LogP contribution < -0.4 is 11.1 Å². The van der Waals surface area contributed by atoms with E-state index in [9.17, 15) is 4.79 Å². The van der Waals surface area contributed by atoms with E-state index in [1.54, 1.807) is 24.3 Å². The van der Waals surface area contributed by atoms with Crippen LogP contribution in [0, 0.1) is 0 Å². The van der Waals surface area contributed by atoms with Gasteiger partial charge in [0.05, 0.1) is 11.8 Å². The second kappa shape index (κ2) is 10.3. The summed E-state index contributed by atoms with van der Waals surface area (Å²) in [6, 6.07) is 16.4. The first-order chi connectivity index (χ1) is 12.6. The number of thioether (sulfide) groups is 1. The summed E-state index contributed by atoms with van der Waals surface area (Å²) in [6.45, 7) is 0. The molecule has 3 aromatic rings. The van der Waals surface area contributed by atoms with Crippen LogP contribution in [0.1, 0.15) is 17.5 Å². The zero-order valence-electron chi connectivity index (χ0n) is 14.2. The summed E-state index contributed by atoms with van der Waals surface area (Å²) < 4.78 is 5.55. The number of halogens is 2. The number of carbonyl (C=O) groups excluding carboxylic acids is 1. The summed E-state index contributed by atoms with van der Waals surface area (Å²) in [7, 11) is 0. The summed E-state index contributed by atoms with van der Waals surface area (Å²) in [5.41, 5.74) is 7.84. The van der Waals surface area contributed by atoms with Crippen LogP contribution in [-0.4, -0.2) is 21.9 Å². The van der Waals surface area contributed by atoms with Gasteiger partial charge in [-0.3, -0.25) is 4.79 Å². The zero-order chi connectivity index (χ0) is 18.4. The average molecular weight is 425 g/mol. The fraction of sp³-hybridized carbons (Fsp3) is 0.167. The molecule has 0 saturated heterocycles. The van der Waals surface area contributed by atoms with Gasteiger partial charge >= 0.3 is 0 Å². The molecule has 0 spiro atoms. The van der Waals surface area contributed by atoms with Gasteiger partial charge in [0.2, 0.25) is 11.8 Å². The van der Waals surface area contributed by atoms with Crippen LogP contribution in [-0.2, 0) is 11.2 Å². The molecule has 1 aromatic heterocycles. The first-order valence-electron chi connectivity index (χ1n) is 7.91. The summed E-state index contributed by atoms with van der Waals surface area (Å²) in [6.07, 6.45) is 0.600. The summed E-state index contributed by atoms with van der Waals surface area (Å²) in [5, 5.41) is 11.5. The van der Waals surface area contributed by atoms with Crippen molar-refractivity contribution < 1.29 is 9.21 Å². The zero-order valence-corrected chi connectivity index (χ0v) is 16.6. The number of benzene rings is 2. The molecule has 0 aliphatic rings. The maximum atomic E-state index is 12.0. The Morgan fingerprint density at radius 1 is 1.19 bits per heavy atom. The lowest BCUT2D eigenvalue weighted by Gasteiger charge is -2.06. The van der Waals surface area contributed by atoms with Crippen molar-refractivity contribution in [3.63, 3.8) is 0 Å². The Balaban J connectivity index is 0.00000261. The van der Waals surface area contributed by atoms with Gasteiger partial charge in [-0.25, -0.2) is 0 Å². The van der Waals surface area contributed by atoms with Gasteiger partial charge in [0.25, 0.3) is 5.22 Å². The Kier molecular flexibility index (Phi) is 8.12. The van der Waals surface area contributed by atoms with Gasteiger partial charge in [-0.2, -0.15) is 0 Å². The number of nitrogens with one attached hydrogen (secondary N) is 1. The molecule has 1 atom stereocenters. The lowest BCUT2D eigenvalue weighted by molar-refractivity contribution is -0.113. The fourth-order valence-corrected chi connectivity index (χ4v) is 3.03. The number of rotatable bonds is 7. The highest BCUT2D eigenvalue weighted by Gasteiger charge is 2.16. The number of hydrogen-bond acceptors (Lipinski definition) is 6. The monoisotopic (exact) mass is 424 g/mol. The van der Waals surface area contributed by atoms with Crippen LogP contribution in [0.5, 0.6) is 0 Å². The molecular weight excluding hydrogens is 407 g/mol. The Morgan fingerprint density at radius 2 is 1.96 bits per heavy atom. The van der Waals surface area contributed by atoms with E-state index >= 15 is 0 Å². The van der Waals surface area contributed by atoms with E-state index in [2.05, 4.69) is 15.5 Å². The van der Waals surface area contributed by atoms with Gasteiger partial charge in [-0.05, 0) is 30.2 Å². The Bertz CT molecular complexity index is 877. The molecule has 1 heterocycles. The van der Waals surface area contributed by atoms with Gasteiger partial charge in [-0.1, -0.05) is 59.8 Å². The van der Waals surface area contributed by atoms with Gasteiger partial charge in [0.15, 0.2) is 0 Å². The van der Waals surface area contributed by atoms with Crippen LogP contribution in [0.25, 0.3) is 0 Å². The number of amides is 1. The van der Waals surface area contributed by atoms with Crippen molar-refractivity contribution in [1.29, 1.82) is 0 Å². The summed E-state index contributed by atoms with van der Waals surface area (Å²) in [4.78, 5) is 12.0. The van der Waals surface area contributed by atoms with Crippen LogP contribution in [0.15, 0.2) is 64.2 Å². The van der Waals surface area contributed by atoms with E-state index in [0.29, 0.717) is 28.2 Å². The number of nitrogens with two attached hydrogens (primary N) is 1. The normalized spacial score (nSPS) is 11.5. The van der Waals surface area contributed by atoms with Gasteiger partial charge < -0.3 is 15.5 Å². The predicted octanol–water partition coefficient (Wildman–Crippen LogP) is 4.12. The van der Waals surface area contributed by atoms with Crippen molar-refractivity contribution >= 4 is 47.4 Å². The highest BCUT2D eigenvalue weighted by atomic mass is 35.5. The standard InChI is InChI=1S/C18H17ClN4O2S.ClH/c19-13-7-4-8-14(10-13)21-16(24)11-26-18-23-22-17(25-18)15(20)9-12-5-2-1-3-6-12;/h1-8,10,15H,9,11,20H2,(H,21,24);1H/t15-;/m0./s1. The highest BCUT2D eigenvalue weighted by molar-refractivity contribution is 7.99. The number of nitrogens with zero attached hydrogens (tertiary/aromatic N) is 2. The molecule has 1 amide bonds. The molecule has 9 heteroatoms. The molecule has 0 radical (unpaired) electrons. The number of aromatic nitrogens is 2. The minimum Gasteiger partial charge on any atom is -0.414 e. The highest BCUT2D eigenvalue weighted by Crippen LogP contribution is 2.21. The molecular formula is C18H18Cl2N4O2S. The third-order valence-corrected chi connectivity index (χ3v) is 4.53. The minimum atomic E-state index is -0.389. The predicted molar refractivity (Wildman–Crippen MR) is 109 cm³/mol. The fourth-order valence-electron chi connectivity index (χ4n) is 2.27. The Morgan fingerprint density at radius 3 is 2.70 bits per heavy atom. The second-order valence-electron chi connectivity index (χ2n) is 5.55. The third-order valence-electron chi connectivity index (χ3n) is 3.47. The lowest BCUT2D eigenvalue weighted by Crippen LogP contribution is -2.14. The van der Waals surface area contributed by atoms with E-state index in [1.165, 1.54) is 0 Å². The van der Waals surface area contributed by atoms with Crippen LogP contribution >= 0.6 is 35.8 Å². The van der Waals surface area contributed by atoms with E-state index < -0.39 is 0 Å². The smallest absolute Gasteiger partial charge is 0.277 e. The van der Waals surface area contributed by atoms with Crippen molar-refractivity contribution in [1.82, 2.24) is 10.2 Å².